The molecular weight excluding hydrogens is 390 g/mol. The lowest BCUT2D eigenvalue weighted by Crippen LogP contribution is -2.12. The van der Waals surface area contributed by atoms with Crippen molar-refractivity contribution in [3.8, 4) is 22.8 Å². The van der Waals surface area contributed by atoms with Crippen LogP contribution in [0.2, 0.25) is 5.02 Å². The van der Waals surface area contributed by atoms with Crippen molar-refractivity contribution in [2.24, 2.45) is 5.84 Å². The molecule has 0 bridgehead atoms. The molecule has 0 aliphatic carbocycles. The number of carbonyl (C=O) groups is 1. The molecule has 0 unspecified atom stereocenters. The molecule has 29 heavy (non-hydrogen) atoms. The molecule has 0 saturated carbocycles. The van der Waals surface area contributed by atoms with Crippen LogP contribution in [0.5, 0.6) is 0 Å². The van der Waals surface area contributed by atoms with Crippen LogP contribution >= 0.6 is 11.6 Å². The van der Waals surface area contributed by atoms with E-state index in [1.54, 1.807) is 30.6 Å². The topological polar surface area (TPSA) is 106 Å². The van der Waals surface area contributed by atoms with Gasteiger partial charge in [-0.15, -0.1) is 0 Å². The Morgan fingerprint density at radius 2 is 2.07 bits per heavy atom. The number of aromatic nitrogens is 2. The summed E-state index contributed by atoms with van der Waals surface area (Å²) in [5.74, 6) is 6.34. The Balaban J connectivity index is 2.17. The molecule has 0 aliphatic heterocycles. The van der Waals surface area contributed by atoms with Gasteiger partial charge in [-0.2, -0.15) is 0 Å². The number of anilines is 1. The van der Waals surface area contributed by atoms with Crippen molar-refractivity contribution in [2.75, 3.05) is 5.32 Å². The van der Waals surface area contributed by atoms with Crippen LogP contribution < -0.4 is 16.6 Å². The number of nitrogens with one attached hydrogen (secondary N) is 2. The highest BCUT2D eigenvalue weighted by Crippen LogP contribution is 2.37. The summed E-state index contributed by atoms with van der Waals surface area (Å²) in [6, 6.07) is 9.02. The van der Waals surface area contributed by atoms with Crippen molar-refractivity contribution >= 4 is 28.9 Å². The average molecular weight is 410 g/mol. The molecule has 3 aromatic rings. The van der Waals surface area contributed by atoms with Gasteiger partial charge < -0.3 is 15.2 Å². The SMILES string of the molecule is C=C(/C=C\NN)c1nc(-c2cc(NC(C)=O)ncc2C)oc1-c1ccccc1Cl. The van der Waals surface area contributed by atoms with Crippen LogP contribution in [0.1, 0.15) is 18.2 Å². The Hall–Kier alpha value is -3.42. The maximum atomic E-state index is 11.4. The molecule has 7 nitrogen and oxygen atoms in total. The second kappa shape index (κ2) is 8.72. The van der Waals surface area contributed by atoms with Crippen molar-refractivity contribution in [3.05, 3.63) is 71.7 Å². The van der Waals surface area contributed by atoms with Gasteiger partial charge in [0, 0.05) is 30.4 Å². The number of aryl methyl sites for hydroxylation is 1. The summed E-state index contributed by atoms with van der Waals surface area (Å²) in [6.07, 6.45) is 4.87. The van der Waals surface area contributed by atoms with E-state index in [2.05, 4.69) is 27.3 Å². The summed E-state index contributed by atoms with van der Waals surface area (Å²) >= 11 is 6.38. The van der Waals surface area contributed by atoms with Crippen molar-refractivity contribution in [1.82, 2.24) is 15.4 Å². The van der Waals surface area contributed by atoms with E-state index in [1.807, 2.05) is 25.1 Å². The first-order valence-corrected chi connectivity index (χ1v) is 9.10. The van der Waals surface area contributed by atoms with E-state index >= 15 is 0 Å². The summed E-state index contributed by atoms with van der Waals surface area (Å²) in [5, 5.41) is 3.19. The van der Waals surface area contributed by atoms with Crippen molar-refractivity contribution < 1.29 is 9.21 Å². The standard InChI is InChI=1S/C21H20ClN5O2/c1-12(8-9-25-23)19-20(15-6-4-5-7-17(15)22)29-21(27-19)16-10-18(26-14(3)28)24-11-13(16)2/h4-11,25H,1,23H2,2-3H3,(H,24,26,28)/b9-8-. The number of benzene rings is 1. The number of oxazole rings is 1. The molecule has 1 aromatic carbocycles. The normalized spacial score (nSPS) is 10.9. The van der Waals surface area contributed by atoms with Gasteiger partial charge in [0.1, 0.15) is 11.5 Å². The molecular formula is C21H20ClN5O2. The number of nitrogens with zero attached hydrogens (tertiary/aromatic N) is 2. The highest BCUT2D eigenvalue weighted by molar-refractivity contribution is 6.33. The third kappa shape index (κ3) is 4.53. The highest BCUT2D eigenvalue weighted by Gasteiger charge is 2.21. The van der Waals surface area contributed by atoms with Gasteiger partial charge in [0.2, 0.25) is 11.8 Å². The lowest BCUT2D eigenvalue weighted by molar-refractivity contribution is -0.114. The zero-order chi connectivity index (χ0) is 21.0. The van der Waals surface area contributed by atoms with Crippen LogP contribution in [-0.2, 0) is 4.79 Å². The monoisotopic (exact) mass is 409 g/mol. The van der Waals surface area contributed by atoms with Crippen molar-refractivity contribution in [1.29, 1.82) is 0 Å². The predicted molar refractivity (Wildman–Crippen MR) is 115 cm³/mol. The fourth-order valence-corrected chi connectivity index (χ4v) is 2.93. The maximum absolute atomic E-state index is 11.4. The predicted octanol–water partition coefficient (Wildman–Crippen LogP) is 4.31. The minimum Gasteiger partial charge on any atom is -0.435 e. The van der Waals surface area contributed by atoms with Crippen molar-refractivity contribution in [3.63, 3.8) is 0 Å². The maximum Gasteiger partial charge on any atom is 0.227 e. The molecule has 2 aromatic heterocycles. The number of hydrogen-bond acceptors (Lipinski definition) is 6. The van der Waals surface area contributed by atoms with Crippen LogP contribution in [0, 0.1) is 6.92 Å². The Morgan fingerprint density at radius 3 is 2.76 bits per heavy atom. The third-order valence-electron chi connectivity index (χ3n) is 4.07. The van der Waals surface area contributed by atoms with Gasteiger partial charge >= 0.3 is 0 Å². The van der Waals surface area contributed by atoms with E-state index in [-0.39, 0.29) is 5.91 Å². The first kappa shape index (κ1) is 20.3. The van der Waals surface area contributed by atoms with E-state index in [0.717, 1.165) is 5.56 Å². The molecule has 0 spiro atoms. The van der Waals surface area contributed by atoms with Crippen LogP contribution in [0.3, 0.4) is 0 Å². The lowest BCUT2D eigenvalue weighted by Gasteiger charge is -2.05. The minimum atomic E-state index is -0.218. The molecule has 3 rings (SSSR count). The van der Waals surface area contributed by atoms with Gasteiger partial charge in [-0.25, -0.2) is 9.97 Å². The summed E-state index contributed by atoms with van der Waals surface area (Å²) in [6.45, 7) is 7.35. The van der Waals surface area contributed by atoms with E-state index in [4.69, 9.17) is 21.9 Å². The second-order valence-electron chi connectivity index (χ2n) is 6.27. The van der Waals surface area contributed by atoms with Gasteiger partial charge in [0.05, 0.1) is 5.02 Å². The number of halogens is 1. The largest absolute Gasteiger partial charge is 0.435 e. The van der Waals surface area contributed by atoms with Crippen LogP contribution in [-0.4, -0.2) is 15.9 Å². The van der Waals surface area contributed by atoms with Crippen molar-refractivity contribution in [2.45, 2.75) is 13.8 Å². The first-order valence-electron chi connectivity index (χ1n) is 8.73. The third-order valence-corrected chi connectivity index (χ3v) is 4.40. The van der Waals surface area contributed by atoms with Gasteiger partial charge in [0.15, 0.2) is 5.76 Å². The van der Waals surface area contributed by atoms with Crippen LogP contribution in [0.25, 0.3) is 28.4 Å². The fourth-order valence-electron chi connectivity index (χ4n) is 2.71. The zero-order valence-corrected chi connectivity index (χ0v) is 16.7. The number of rotatable bonds is 6. The summed E-state index contributed by atoms with van der Waals surface area (Å²) in [4.78, 5) is 20.2. The van der Waals surface area contributed by atoms with Gasteiger partial charge in [-0.1, -0.05) is 30.3 Å². The second-order valence-corrected chi connectivity index (χ2v) is 6.67. The lowest BCUT2D eigenvalue weighted by atomic mass is 10.1. The molecule has 8 heteroatoms. The van der Waals surface area contributed by atoms with E-state index in [1.165, 1.54) is 6.92 Å². The number of amides is 1. The molecule has 148 valence electrons. The van der Waals surface area contributed by atoms with Gasteiger partial charge in [0.25, 0.3) is 0 Å². The first-order chi connectivity index (χ1) is 13.9. The number of allylic oxidation sites excluding steroid dienone is 2. The van der Waals surface area contributed by atoms with Crippen LogP contribution in [0.15, 0.2) is 59.8 Å². The smallest absolute Gasteiger partial charge is 0.227 e. The number of hydrogen-bond donors (Lipinski definition) is 3. The Labute approximate surface area is 173 Å². The number of carbonyl (C=O) groups excluding carboxylic acids is 1. The number of pyridine rings is 1. The Kier molecular flexibility index (Phi) is 6.11. The van der Waals surface area contributed by atoms with Gasteiger partial charge in [-0.05, 0) is 42.3 Å². The average Bonchev–Trinajstić information content (AvgIpc) is 3.12. The van der Waals surface area contributed by atoms with E-state index in [0.29, 0.717) is 44.9 Å². The Bertz CT molecular complexity index is 1100. The molecule has 4 N–H and O–H groups in total. The molecule has 0 saturated heterocycles. The van der Waals surface area contributed by atoms with E-state index < -0.39 is 0 Å². The van der Waals surface area contributed by atoms with Crippen LogP contribution in [0.4, 0.5) is 5.82 Å². The molecule has 1 amide bonds. The molecule has 0 radical (unpaired) electrons. The Morgan fingerprint density at radius 1 is 1.31 bits per heavy atom. The molecule has 2 heterocycles. The molecule has 0 aliphatic rings. The minimum absolute atomic E-state index is 0.218. The summed E-state index contributed by atoms with van der Waals surface area (Å²) in [7, 11) is 0. The quantitative estimate of drug-likeness (QED) is 0.318. The van der Waals surface area contributed by atoms with E-state index in [9.17, 15) is 4.79 Å². The fraction of sp³-hybridized carbons (Fsp3) is 0.0952. The highest BCUT2D eigenvalue weighted by atomic mass is 35.5. The summed E-state index contributed by atoms with van der Waals surface area (Å²) < 4.78 is 6.13. The number of hydrazine groups is 1. The molecule has 0 atom stereocenters. The zero-order valence-electron chi connectivity index (χ0n) is 16.0. The number of nitrogens with two attached hydrogens (primary N) is 1. The summed E-state index contributed by atoms with van der Waals surface area (Å²) in [5.41, 5.74) is 5.76. The van der Waals surface area contributed by atoms with Gasteiger partial charge in [-0.3, -0.25) is 10.6 Å². The molecule has 0 fully saturated rings.